The third kappa shape index (κ3) is 4.04. The maximum Gasteiger partial charge on any atom is 0.144 e. The summed E-state index contributed by atoms with van der Waals surface area (Å²) in [5, 5.41) is 6.39. The molecule has 2 heterocycles. The largest absolute Gasteiger partial charge is 0.455 e. The number of hydrogen-bond donors (Lipinski definition) is 0. The molecule has 2 aromatic heterocycles. The molecule has 0 spiro atoms. The molecule has 0 aliphatic rings. The van der Waals surface area contributed by atoms with E-state index in [2.05, 4.69) is 62.2 Å². The van der Waals surface area contributed by atoms with Crippen LogP contribution in [0.1, 0.15) is 58.5 Å². The van der Waals surface area contributed by atoms with Crippen molar-refractivity contribution in [3.63, 3.8) is 0 Å². The number of aromatic nitrogens is 1. The number of fused-ring (bicyclic) bond motifs is 6. The van der Waals surface area contributed by atoms with Crippen LogP contribution in [-0.2, 0) is 5.41 Å². The monoisotopic (exact) mass is 539 g/mol. The summed E-state index contributed by atoms with van der Waals surface area (Å²) in [6, 6.07) is 29.8. The van der Waals surface area contributed by atoms with E-state index in [4.69, 9.17) is 12.6 Å². The zero-order valence-corrected chi connectivity index (χ0v) is 23.5. The lowest BCUT2D eigenvalue weighted by Crippen LogP contribution is -2.19. The fourth-order valence-corrected chi connectivity index (χ4v) is 6.14. The first-order valence-electron chi connectivity index (χ1n) is 17.3. The Morgan fingerprint density at radius 2 is 1.49 bits per heavy atom. The fraction of sp³-hybridized carbons (Fsp3) is 0.205. The van der Waals surface area contributed by atoms with Gasteiger partial charge < -0.3 is 4.42 Å². The van der Waals surface area contributed by atoms with E-state index in [1.54, 1.807) is 18.2 Å². The zero-order valence-electron chi connectivity index (χ0n) is 29.5. The third-order valence-electron chi connectivity index (χ3n) is 9.11. The SMILES string of the molecule is [2H]C([2H])([2H])c1cnc(-c2cccc3c2oc2cc4c(ccc5ccccc54)cc23)cc1-c1ccc(C(C)(CC)CC)cc1C([2H])([2H])[2H]. The van der Waals surface area contributed by atoms with Crippen LogP contribution >= 0.6 is 0 Å². The van der Waals surface area contributed by atoms with Crippen molar-refractivity contribution in [2.75, 3.05) is 0 Å². The number of furan rings is 1. The van der Waals surface area contributed by atoms with Crippen molar-refractivity contribution < 1.29 is 12.6 Å². The van der Waals surface area contributed by atoms with Gasteiger partial charge in [0.1, 0.15) is 11.2 Å². The minimum atomic E-state index is -2.51. The molecule has 0 fully saturated rings. The Labute approximate surface area is 250 Å². The highest BCUT2D eigenvalue weighted by Crippen LogP contribution is 2.40. The first-order valence-corrected chi connectivity index (χ1v) is 14.3. The third-order valence-corrected chi connectivity index (χ3v) is 9.11. The molecule has 0 saturated carbocycles. The molecule has 202 valence electrons. The molecule has 0 N–H and O–H groups in total. The lowest BCUT2D eigenvalue weighted by Gasteiger charge is -2.28. The molecule has 0 bridgehead atoms. The van der Waals surface area contributed by atoms with Gasteiger partial charge in [-0.3, -0.25) is 4.98 Å². The van der Waals surface area contributed by atoms with Crippen molar-refractivity contribution >= 4 is 43.5 Å². The minimum Gasteiger partial charge on any atom is -0.455 e. The van der Waals surface area contributed by atoms with Crippen molar-refractivity contribution in [1.29, 1.82) is 0 Å². The summed E-state index contributed by atoms with van der Waals surface area (Å²) < 4.78 is 56.9. The molecule has 0 radical (unpaired) electrons. The molecule has 0 aliphatic heterocycles. The summed E-state index contributed by atoms with van der Waals surface area (Å²) in [7, 11) is 0. The van der Waals surface area contributed by atoms with E-state index < -0.39 is 13.7 Å². The number of rotatable bonds is 5. The quantitative estimate of drug-likeness (QED) is 0.203. The van der Waals surface area contributed by atoms with Crippen molar-refractivity contribution in [2.24, 2.45) is 0 Å². The number of hydrogen-bond acceptors (Lipinski definition) is 2. The molecule has 0 unspecified atom stereocenters. The standard InChI is InChI=1S/C39H35NO/c1-6-39(5,7-2)28-17-18-29(24(3)19-28)33-21-36(40-23-25(33)4)32-14-10-13-31-35-20-27-16-15-26-11-8-9-12-30(26)34(27)22-37(35)41-38(31)32/h8-23H,6-7H2,1-5H3/i3D3,4D3. The Kier molecular flexibility index (Phi) is 4.59. The topological polar surface area (TPSA) is 26.0 Å². The molecular weight excluding hydrogens is 498 g/mol. The Balaban J connectivity index is 1.46. The highest BCUT2D eigenvalue weighted by Gasteiger charge is 2.23. The number of pyridine rings is 1. The second-order valence-electron chi connectivity index (χ2n) is 11.3. The number of para-hydroxylation sites is 1. The minimum absolute atomic E-state index is 0.00292. The van der Waals surface area contributed by atoms with Crippen LogP contribution in [0.4, 0.5) is 0 Å². The maximum absolute atomic E-state index is 8.47. The molecule has 41 heavy (non-hydrogen) atoms. The predicted octanol–water partition coefficient (Wildman–Crippen LogP) is 11.3. The number of benzene rings is 5. The second-order valence-corrected chi connectivity index (χ2v) is 11.3. The van der Waals surface area contributed by atoms with E-state index >= 15 is 0 Å². The van der Waals surface area contributed by atoms with Crippen LogP contribution in [0, 0.1) is 13.7 Å². The van der Waals surface area contributed by atoms with Crippen molar-refractivity contribution in [1.82, 2.24) is 4.98 Å². The Bertz CT molecular complexity index is 2330. The summed E-state index contributed by atoms with van der Waals surface area (Å²) >= 11 is 0. The lowest BCUT2D eigenvalue weighted by atomic mass is 9.76. The van der Waals surface area contributed by atoms with E-state index in [1.165, 1.54) is 6.20 Å². The Morgan fingerprint density at radius 1 is 0.683 bits per heavy atom. The molecular formula is C39H35NO. The molecule has 0 saturated heterocycles. The summed E-state index contributed by atoms with van der Waals surface area (Å²) in [5.74, 6) is 0. The Morgan fingerprint density at radius 3 is 2.32 bits per heavy atom. The normalized spacial score (nSPS) is 15.0. The average molecular weight is 540 g/mol. The highest BCUT2D eigenvalue weighted by atomic mass is 16.3. The molecule has 0 atom stereocenters. The van der Waals surface area contributed by atoms with Crippen molar-refractivity contribution in [2.45, 2.75) is 52.7 Å². The molecule has 7 aromatic rings. The smallest absolute Gasteiger partial charge is 0.144 e. The van der Waals surface area contributed by atoms with Crippen LogP contribution in [0.5, 0.6) is 0 Å². The van der Waals surface area contributed by atoms with Gasteiger partial charge >= 0.3 is 0 Å². The molecule has 0 amide bonds. The van der Waals surface area contributed by atoms with E-state index in [9.17, 15) is 0 Å². The Hall–Kier alpha value is -4.43. The number of nitrogens with zero attached hydrogens (tertiary/aromatic N) is 1. The van der Waals surface area contributed by atoms with Gasteiger partial charge in [0.05, 0.1) is 5.69 Å². The molecule has 0 aliphatic carbocycles. The van der Waals surface area contributed by atoms with Gasteiger partial charge in [-0.05, 0) is 106 Å². The average Bonchev–Trinajstić information content (AvgIpc) is 3.43. The van der Waals surface area contributed by atoms with E-state index in [-0.39, 0.29) is 16.5 Å². The predicted molar refractivity (Wildman–Crippen MR) is 175 cm³/mol. The van der Waals surface area contributed by atoms with Crippen LogP contribution < -0.4 is 0 Å². The van der Waals surface area contributed by atoms with Crippen LogP contribution in [-0.4, -0.2) is 4.98 Å². The van der Waals surface area contributed by atoms with Gasteiger partial charge in [0.15, 0.2) is 0 Å². The van der Waals surface area contributed by atoms with Crippen LogP contribution in [0.15, 0.2) is 102 Å². The van der Waals surface area contributed by atoms with Gasteiger partial charge in [0, 0.05) is 30.8 Å². The van der Waals surface area contributed by atoms with Crippen molar-refractivity contribution in [3.8, 4) is 22.4 Å². The second kappa shape index (κ2) is 9.59. The summed E-state index contributed by atoms with van der Waals surface area (Å²) in [4.78, 5) is 4.63. The first kappa shape index (κ1) is 19.6. The summed E-state index contributed by atoms with van der Waals surface area (Å²) in [6.07, 6.45) is 3.05. The highest BCUT2D eigenvalue weighted by molar-refractivity contribution is 6.17. The van der Waals surface area contributed by atoms with Gasteiger partial charge in [-0.25, -0.2) is 0 Å². The van der Waals surface area contributed by atoms with Gasteiger partial charge in [-0.1, -0.05) is 87.5 Å². The van der Waals surface area contributed by atoms with E-state index in [0.29, 0.717) is 28.0 Å². The molecule has 2 nitrogen and oxygen atoms in total. The lowest BCUT2D eigenvalue weighted by molar-refractivity contribution is 0.439. The summed E-state index contributed by atoms with van der Waals surface area (Å²) in [6.45, 7) is 1.34. The summed E-state index contributed by atoms with van der Waals surface area (Å²) in [5.41, 5.74) is 4.12. The first-order chi connectivity index (χ1) is 22.3. The zero-order chi connectivity index (χ0) is 33.3. The van der Waals surface area contributed by atoms with E-state index in [0.717, 1.165) is 56.3 Å². The number of aryl methyl sites for hydroxylation is 2. The van der Waals surface area contributed by atoms with Gasteiger partial charge in [0.25, 0.3) is 0 Å². The van der Waals surface area contributed by atoms with Crippen LogP contribution in [0.2, 0.25) is 0 Å². The van der Waals surface area contributed by atoms with Crippen LogP contribution in [0.3, 0.4) is 0 Å². The van der Waals surface area contributed by atoms with E-state index in [1.807, 2.05) is 36.4 Å². The van der Waals surface area contributed by atoms with Crippen LogP contribution in [0.25, 0.3) is 65.9 Å². The fourth-order valence-electron chi connectivity index (χ4n) is 6.14. The molecule has 2 heteroatoms. The van der Waals surface area contributed by atoms with Gasteiger partial charge in [0.2, 0.25) is 0 Å². The van der Waals surface area contributed by atoms with Gasteiger partial charge in [-0.15, -0.1) is 0 Å². The van der Waals surface area contributed by atoms with Gasteiger partial charge in [-0.2, -0.15) is 0 Å². The molecule has 5 aromatic carbocycles. The van der Waals surface area contributed by atoms with Crippen molar-refractivity contribution in [3.05, 3.63) is 114 Å². The molecule has 7 rings (SSSR count). The maximum atomic E-state index is 8.47.